The maximum atomic E-state index is 14.2. The minimum absolute atomic E-state index is 0.0172. The molecule has 2 aromatic heterocycles. The van der Waals surface area contributed by atoms with E-state index < -0.39 is 22.2 Å². The lowest BCUT2D eigenvalue weighted by Crippen LogP contribution is -2.39. The largest absolute Gasteiger partial charge is 0.487 e. The Balaban J connectivity index is 1.27. The first-order valence-electron chi connectivity index (χ1n) is 15.0. The van der Waals surface area contributed by atoms with Gasteiger partial charge in [0.25, 0.3) is 0 Å². The molecule has 0 bridgehead atoms. The van der Waals surface area contributed by atoms with Crippen LogP contribution in [0.15, 0.2) is 90.3 Å². The van der Waals surface area contributed by atoms with Gasteiger partial charge in [0.1, 0.15) is 22.8 Å². The first-order valence-corrected chi connectivity index (χ1v) is 17.2. The molecule has 1 aliphatic rings. The molecule has 1 amide bonds. The summed E-state index contributed by atoms with van der Waals surface area (Å²) in [5, 5.41) is 3.65. The Morgan fingerprint density at radius 2 is 1.87 bits per heavy atom. The van der Waals surface area contributed by atoms with Gasteiger partial charge in [-0.05, 0) is 43.2 Å². The standard InChI is InChI=1S/C34H33Cl2N5O5S/c1-22-15-29(40-14-13-38-21-40)26-9-6-10-30(34(26)39-22)46-20-27-28(35)11-12-31(33(27)36)47(43,44)41-18-25(16-24(41)17-32(42)37-2)45-19-23-7-4-3-5-8-23/h3-15,21,24-25H,16-20H2,1-2H3,(H,37,42)/t24-,25+/m0/s1. The lowest BCUT2D eigenvalue weighted by atomic mass is 10.1. The Hall–Kier alpha value is -4.00. The number of imidazole rings is 1. The molecule has 1 fully saturated rings. The van der Waals surface area contributed by atoms with Gasteiger partial charge in [-0.15, -0.1) is 0 Å². The molecular formula is C34H33Cl2N5O5S. The maximum Gasteiger partial charge on any atom is 0.244 e. The number of sulfonamides is 1. The number of aromatic nitrogens is 3. The number of halogens is 2. The van der Waals surface area contributed by atoms with E-state index in [-0.39, 0.29) is 40.4 Å². The lowest BCUT2D eigenvalue weighted by molar-refractivity contribution is -0.121. The summed E-state index contributed by atoms with van der Waals surface area (Å²) in [6.45, 7) is 2.18. The summed E-state index contributed by atoms with van der Waals surface area (Å²) in [4.78, 5) is 21.2. The molecule has 1 aliphatic heterocycles. The molecule has 10 nitrogen and oxygen atoms in total. The molecule has 0 saturated carbocycles. The van der Waals surface area contributed by atoms with Gasteiger partial charge in [-0.1, -0.05) is 65.7 Å². The van der Waals surface area contributed by atoms with Gasteiger partial charge in [0.05, 0.1) is 29.7 Å². The molecule has 0 radical (unpaired) electrons. The van der Waals surface area contributed by atoms with Gasteiger partial charge in [-0.2, -0.15) is 4.31 Å². The number of nitrogens with zero attached hydrogens (tertiary/aromatic N) is 4. The highest BCUT2D eigenvalue weighted by atomic mass is 35.5. The number of nitrogens with one attached hydrogen (secondary N) is 1. The van der Waals surface area contributed by atoms with Crippen LogP contribution in [-0.4, -0.2) is 58.9 Å². The molecule has 13 heteroatoms. The number of carbonyl (C=O) groups excluding carboxylic acids is 1. The third-order valence-corrected chi connectivity index (χ3v) is 11.0. The molecule has 1 saturated heterocycles. The molecule has 6 rings (SSSR count). The summed E-state index contributed by atoms with van der Waals surface area (Å²) in [5.74, 6) is 0.210. The van der Waals surface area contributed by atoms with Gasteiger partial charge < -0.3 is 19.4 Å². The highest BCUT2D eigenvalue weighted by Gasteiger charge is 2.42. The number of pyridine rings is 1. The Kier molecular flexibility index (Phi) is 9.81. The van der Waals surface area contributed by atoms with Crippen molar-refractivity contribution in [1.82, 2.24) is 24.2 Å². The van der Waals surface area contributed by atoms with Crippen LogP contribution in [0.5, 0.6) is 5.75 Å². The Labute approximate surface area is 283 Å². The van der Waals surface area contributed by atoms with Crippen LogP contribution in [0.3, 0.4) is 0 Å². The van der Waals surface area contributed by atoms with Crippen molar-refractivity contribution < 1.29 is 22.7 Å². The molecule has 244 valence electrons. The van der Waals surface area contributed by atoms with E-state index in [1.807, 2.05) is 66.2 Å². The minimum Gasteiger partial charge on any atom is -0.487 e. The monoisotopic (exact) mass is 693 g/mol. The summed E-state index contributed by atoms with van der Waals surface area (Å²) in [5.41, 5.74) is 3.58. The SMILES string of the molecule is CNC(=O)C[C@@H]1C[C@@H](OCc2ccccc2)CN1S(=O)(=O)c1ccc(Cl)c(COc2cccc3c(-n4ccnc4)cc(C)nc23)c1Cl. The number of ether oxygens (including phenoxy) is 2. The van der Waals surface area contributed by atoms with Crippen LogP contribution in [0, 0.1) is 6.92 Å². The van der Waals surface area contributed by atoms with Crippen molar-refractivity contribution in [2.75, 3.05) is 13.6 Å². The summed E-state index contributed by atoms with van der Waals surface area (Å²) >= 11 is 13.4. The zero-order valence-electron chi connectivity index (χ0n) is 25.8. The fraction of sp³-hybridized carbons (Fsp3) is 0.265. The zero-order valence-corrected chi connectivity index (χ0v) is 28.1. The van der Waals surface area contributed by atoms with Gasteiger partial charge in [0.2, 0.25) is 15.9 Å². The average molecular weight is 695 g/mol. The van der Waals surface area contributed by atoms with Crippen molar-refractivity contribution in [1.29, 1.82) is 0 Å². The van der Waals surface area contributed by atoms with Crippen molar-refractivity contribution in [2.24, 2.45) is 0 Å². The van der Waals surface area contributed by atoms with Gasteiger partial charge in [0, 0.05) is 60.1 Å². The molecule has 0 aliphatic carbocycles. The first kappa shape index (κ1) is 32.9. The van der Waals surface area contributed by atoms with Crippen molar-refractivity contribution in [3.63, 3.8) is 0 Å². The van der Waals surface area contributed by atoms with Crippen LogP contribution in [0.1, 0.15) is 29.7 Å². The van der Waals surface area contributed by atoms with Crippen molar-refractivity contribution in [3.05, 3.63) is 112 Å². The fourth-order valence-electron chi connectivity index (χ4n) is 5.79. The second-order valence-corrected chi connectivity index (χ2v) is 13.9. The Morgan fingerprint density at radius 3 is 2.62 bits per heavy atom. The normalized spacial score (nSPS) is 16.9. The molecule has 0 unspecified atom stereocenters. The van der Waals surface area contributed by atoms with Gasteiger partial charge in [-0.25, -0.2) is 18.4 Å². The van der Waals surface area contributed by atoms with Crippen molar-refractivity contribution >= 4 is 50.0 Å². The van der Waals surface area contributed by atoms with Crippen molar-refractivity contribution in [3.8, 4) is 11.4 Å². The average Bonchev–Trinajstić information content (AvgIpc) is 3.75. The molecule has 3 aromatic carbocycles. The van der Waals surface area contributed by atoms with Gasteiger partial charge >= 0.3 is 0 Å². The number of hydrogen-bond donors (Lipinski definition) is 1. The van der Waals surface area contributed by atoms with E-state index in [1.54, 1.807) is 18.6 Å². The van der Waals surface area contributed by atoms with Crippen LogP contribution in [-0.2, 0) is 32.8 Å². The van der Waals surface area contributed by atoms with E-state index in [9.17, 15) is 13.2 Å². The molecule has 3 heterocycles. The second kappa shape index (κ2) is 14.0. The van der Waals surface area contributed by atoms with Gasteiger partial charge in [-0.3, -0.25) is 4.79 Å². The third-order valence-electron chi connectivity index (χ3n) is 8.15. The molecule has 0 spiro atoms. The molecule has 5 aromatic rings. The van der Waals surface area contributed by atoms with E-state index >= 15 is 0 Å². The molecular weight excluding hydrogens is 661 g/mol. The maximum absolute atomic E-state index is 14.2. The van der Waals surface area contributed by atoms with Gasteiger partial charge in [0.15, 0.2) is 0 Å². The third kappa shape index (κ3) is 7.00. The number of amides is 1. The summed E-state index contributed by atoms with van der Waals surface area (Å²) in [7, 11) is -2.65. The zero-order chi connectivity index (χ0) is 33.1. The highest BCUT2D eigenvalue weighted by molar-refractivity contribution is 7.89. The van der Waals surface area contributed by atoms with E-state index in [4.69, 9.17) is 37.7 Å². The van der Waals surface area contributed by atoms with E-state index in [0.717, 1.165) is 22.3 Å². The molecule has 2 atom stereocenters. The van der Waals surface area contributed by atoms with Crippen molar-refractivity contribution in [2.45, 2.75) is 50.0 Å². The predicted molar refractivity (Wildman–Crippen MR) is 180 cm³/mol. The minimum atomic E-state index is -4.18. The number of fused-ring (bicyclic) bond motifs is 1. The topological polar surface area (TPSA) is 116 Å². The smallest absolute Gasteiger partial charge is 0.244 e. The highest BCUT2D eigenvalue weighted by Crippen LogP contribution is 2.38. The Bertz CT molecular complexity index is 2010. The number of rotatable bonds is 11. The summed E-state index contributed by atoms with van der Waals surface area (Å²) in [6, 6.07) is 19.4. The first-order chi connectivity index (χ1) is 22.7. The fourth-order valence-corrected chi connectivity index (χ4v) is 8.32. The van der Waals surface area contributed by atoms with Crippen LogP contribution < -0.4 is 10.1 Å². The number of carbonyl (C=O) groups is 1. The molecule has 47 heavy (non-hydrogen) atoms. The van der Waals surface area contributed by atoms with Crippen LogP contribution in [0.2, 0.25) is 10.0 Å². The Morgan fingerprint density at radius 1 is 1.06 bits per heavy atom. The number of hydrogen-bond acceptors (Lipinski definition) is 7. The second-order valence-electron chi connectivity index (χ2n) is 11.3. The predicted octanol–water partition coefficient (Wildman–Crippen LogP) is 6.10. The molecule has 1 N–H and O–H groups in total. The van der Waals surface area contributed by atoms with E-state index in [0.29, 0.717) is 29.9 Å². The quantitative estimate of drug-likeness (QED) is 0.178. The number of aryl methyl sites for hydroxylation is 1. The number of para-hydroxylation sites is 1. The van der Waals surface area contributed by atoms with Crippen LogP contribution >= 0.6 is 23.2 Å². The van der Waals surface area contributed by atoms with Crippen LogP contribution in [0.4, 0.5) is 0 Å². The van der Waals surface area contributed by atoms with Crippen LogP contribution in [0.25, 0.3) is 16.6 Å². The summed E-state index contributed by atoms with van der Waals surface area (Å²) < 4.78 is 44.0. The summed E-state index contributed by atoms with van der Waals surface area (Å²) in [6.07, 6.45) is 5.19. The lowest BCUT2D eigenvalue weighted by Gasteiger charge is -2.24. The van der Waals surface area contributed by atoms with E-state index in [2.05, 4.69) is 10.3 Å². The van der Waals surface area contributed by atoms with E-state index in [1.165, 1.54) is 23.5 Å². The number of benzene rings is 3.